The maximum Gasteiger partial charge on any atom is 0.117 e. The van der Waals surface area contributed by atoms with E-state index in [0.29, 0.717) is 47.1 Å². The monoisotopic (exact) mass is 527 g/mol. The summed E-state index contributed by atoms with van der Waals surface area (Å²) < 4.78 is 0. The summed E-state index contributed by atoms with van der Waals surface area (Å²) in [7, 11) is 2.68. The summed E-state index contributed by atoms with van der Waals surface area (Å²) in [6, 6.07) is 9.29. The van der Waals surface area contributed by atoms with Gasteiger partial charge in [-0.25, -0.2) is 0 Å². The van der Waals surface area contributed by atoms with Crippen molar-refractivity contribution < 1.29 is 0 Å². The van der Waals surface area contributed by atoms with Gasteiger partial charge in [-0.3, -0.25) is 9.97 Å². The van der Waals surface area contributed by atoms with Crippen LogP contribution < -0.4 is 0 Å². The van der Waals surface area contributed by atoms with Gasteiger partial charge < -0.3 is 0 Å². The van der Waals surface area contributed by atoms with Gasteiger partial charge in [-0.1, -0.05) is 110 Å². The highest BCUT2D eigenvalue weighted by Gasteiger charge is 2.57. The number of pyridine rings is 2. The Bertz CT molecular complexity index is 978. The van der Waals surface area contributed by atoms with Crippen molar-refractivity contribution in [2.24, 2.45) is 23.7 Å². The average Bonchev–Trinajstić information content (AvgIpc) is 3.64. The van der Waals surface area contributed by atoms with Crippen molar-refractivity contribution >= 4 is 7.28 Å². The molecular formula is C36H56BN2. The van der Waals surface area contributed by atoms with Gasteiger partial charge in [0.2, 0.25) is 0 Å². The number of allylic oxidation sites excluding steroid dienone is 2. The van der Waals surface area contributed by atoms with Crippen LogP contribution in [0.2, 0.25) is 11.6 Å². The van der Waals surface area contributed by atoms with E-state index in [2.05, 4.69) is 96.9 Å². The van der Waals surface area contributed by atoms with Gasteiger partial charge >= 0.3 is 0 Å². The molecular weight excluding hydrogens is 471 g/mol. The second-order valence-corrected chi connectivity index (χ2v) is 12.7. The molecule has 2 aromatic rings. The summed E-state index contributed by atoms with van der Waals surface area (Å²) in [6.07, 6.45) is 18.1. The van der Waals surface area contributed by atoms with Crippen molar-refractivity contribution in [2.75, 3.05) is 0 Å². The topological polar surface area (TPSA) is 25.8 Å². The van der Waals surface area contributed by atoms with E-state index in [9.17, 15) is 0 Å². The zero-order valence-electron chi connectivity index (χ0n) is 26.4. The molecule has 1 saturated carbocycles. The number of unbranched alkanes of at least 4 members (excludes halogenated alkanes) is 2. The lowest BCUT2D eigenvalue weighted by Gasteiger charge is -2.34. The number of hydrogen-bond donors (Lipinski definition) is 0. The van der Waals surface area contributed by atoms with Crippen LogP contribution in [0.3, 0.4) is 0 Å². The first-order chi connectivity index (χ1) is 18.9. The lowest BCUT2D eigenvalue weighted by molar-refractivity contribution is 0.260. The Morgan fingerprint density at radius 3 is 1.67 bits per heavy atom. The lowest BCUT2D eigenvalue weighted by atomic mass is 9.49. The molecule has 1 radical (unpaired) electrons. The minimum absolute atomic E-state index is 0.512. The van der Waals surface area contributed by atoms with Gasteiger partial charge in [0.05, 0.1) is 0 Å². The molecule has 2 nitrogen and oxygen atoms in total. The van der Waals surface area contributed by atoms with Crippen LogP contribution in [0, 0.1) is 23.7 Å². The third-order valence-electron chi connectivity index (χ3n) is 9.41. The van der Waals surface area contributed by atoms with Crippen molar-refractivity contribution in [3.05, 3.63) is 71.3 Å². The molecule has 3 heteroatoms. The van der Waals surface area contributed by atoms with E-state index < -0.39 is 0 Å². The van der Waals surface area contributed by atoms with E-state index in [0.717, 1.165) is 0 Å². The Balaban J connectivity index is 2.21. The number of aromatic nitrogens is 2. The van der Waals surface area contributed by atoms with E-state index in [1.54, 1.807) is 11.1 Å². The third kappa shape index (κ3) is 8.08. The fourth-order valence-electron chi connectivity index (χ4n) is 7.58. The third-order valence-corrected chi connectivity index (χ3v) is 9.41. The van der Waals surface area contributed by atoms with Crippen molar-refractivity contribution in [2.45, 2.75) is 130 Å². The van der Waals surface area contributed by atoms with Crippen LogP contribution in [0.5, 0.6) is 0 Å². The summed E-state index contributed by atoms with van der Waals surface area (Å²) in [6.45, 7) is 19.1. The van der Waals surface area contributed by atoms with Gasteiger partial charge in [-0.15, -0.1) is 0 Å². The molecule has 0 aliphatic heterocycles. The van der Waals surface area contributed by atoms with Crippen molar-refractivity contribution in [3.8, 4) is 0 Å². The molecule has 2 aromatic heterocycles. The minimum Gasteiger partial charge on any atom is -0.265 e. The highest BCUT2D eigenvalue weighted by Crippen LogP contribution is 2.67. The molecule has 0 aromatic carbocycles. The fraction of sp³-hybridized carbons (Fsp3) is 0.667. The smallest absolute Gasteiger partial charge is 0.117 e. The summed E-state index contributed by atoms with van der Waals surface area (Å²) >= 11 is 0. The number of hydrogen-bond acceptors (Lipinski definition) is 2. The SMILES string of the molecule is CCCCC([B]C(C)C)C(c1ccncc1)C1C(=C(CC)CC)C1C(c1ccncc1)C(CCCC)C(C)C. The van der Waals surface area contributed by atoms with E-state index >= 15 is 0 Å². The van der Waals surface area contributed by atoms with E-state index in [4.69, 9.17) is 0 Å². The summed E-state index contributed by atoms with van der Waals surface area (Å²) in [5.41, 5.74) is 6.50. The van der Waals surface area contributed by atoms with E-state index in [-0.39, 0.29) is 0 Å². The molecule has 0 bridgehead atoms. The Hall–Kier alpha value is -1.90. The average molecular weight is 528 g/mol. The molecule has 0 N–H and O–H groups in total. The van der Waals surface area contributed by atoms with Crippen LogP contribution in [0.4, 0.5) is 0 Å². The number of nitrogens with zero attached hydrogens (tertiary/aromatic N) is 2. The first-order valence-electron chi connectivity index (χ1n) is 16.3. The lowest BCUT2D eigenvalue weighted by Crippen LogP contribution is -2.24. The molecule has 213 valence electrons. The standard InChI is InChI=1S/C36H56BN2/c1-9-13-15-30(25(5)6)32(28-17-21-38-22-18-28)35-34(27(11-3)12-4)36(35)33(29-19-23-39-24-20-29)31(16-14-10-2)37-26(7)8/h17-26,30-33,35-36H,9-16H2,1-8H3. The molecule has 6 atom stereocenters. The Labute approximate surface area is 242 Å². The molecule has 0 spiro atoms. The van der Waals surface area contributed by atoms with E-state index in [1.807, 2.05) is 24.8 Å². The largest absolute Gasteiger partial charge is 0.265 e. The predicted molar refractivity (Wildman–Crippen MR) is 171 cm³/mol. The molecule has 2 heterocycles. The van der Waals surface area contributed by atoms with Crippen LogP contribution in [0.1, 0.15) is 130 Å². The fourth-order valence-corrected chi connectivity index (χ4v) is 7.58. The second kappa shape index (κ2) is 15.8. The van der Waals surface area contributed by atoms with Gasteiger partial charge in [0, 0.05) is 24.8 Å². The first kappa shape index (κ1) is 31.6. The van der Waals surface area contributed by atoms with Crippen molar-refractivity contribution in [1.29, 1.82) is 0 Å². The maximum atomic E-state index is 4.43. The number of rotatable bonds is 17. The molecule has 1 fully saturated rings. The summed E-state index contributed by atoms with van der Waals surface area (Å²) in [5.74, 6) is 4.76. The Morgan fingerprint density at radius 2 is 1.21 bits per heavy atom. The second-order valence-electron chi connectivity index (χ2n) is 12.7. The molecule has 0 amide bonds. The Morgan fingerprint density at radius 1 is 0.718 bits per heavy atom. The summed E-state index contributed by atoms with van der Waals surface area (Å²) in [5, 5.41) is 0. The highest BCUT2D eigenvalue weighted by atomic mass is 14.6. The first-order valence-corrected chi connectivity index (χ1v) is 16.3. The maximum absolute atomic E-state index is 4.43. The Kier molecular flexibility index (Phi) is 12.8. The van der Waals surface area contributed by atoms with Gasteiger partial charge in [-0.05, 0) is 90.2 Å². The quantitative estimate of drug-likeness (QED) is 0.151. The van der Waals surface area contributed by atoms with Crippen LogP contribution >= 0.6 is 0 Å². The van der Waals surface area contributed by atoms with Crippen molar-refractivity contribution in [1.82, 2.24) is 9.97 Å². The summed E-state index contributed by atoms with van der Waals surface area (Å²) in [4.78, 5) is 8.87. The van der Waals surface area contributed by atoms with Crippen molar-refractivity contribution in [3.63, 3.8) is 0 Å². The molecule has 3 rings (SSSR count). The van der Waals surface area contributed by atoms with Gasteiger partial charge in [0.25, 0.3) is 0 Å². The van der Waals surface area contributed by atoms with Gasteiger partial charge in [0.15, 0.2) is 0 Å². The normalized spacial score (nSPS) is 20.1. The predicted octanol–water partition coefficient (Wildman–Crippen LogP) is 10.7. The van der Waals surface area contributed by atoms with Crippen LogP contribution in [-0.4, -0.2) is 17.2 Å². The molecule has 6 unspecified atom stereocenters. The van der Waals surface area contributed by atoms with Crippen LogP contribution in [0.15, 0.2) is 60.2 Å². The molecule has 0 saturated heterocycles. The zero-order valence-corrected chi connectivity index (χ0v) is 26.4. The minimum atomic E-state index is 0.512. The van der Waals surface area contributed by atoms with Crippen LogP contribution in [-0.2, 0) is 0 Å². The van der Waals surface area contributed by atoms with Gasteiger partial charge in [-0.2, -0.15) is 0 Å². The molecule has 1 aliphatic rings. The highest BCUT2D eigenvalue weighted by molar-refractivity contribution is 6.39. The van der Waals surface area contributed by atoms with Crippen LogP contribution in [0.25, 0.3) is 0 Å². The molecule has 39 heavy (non-hydrogen) atoms. The van der Waals surface area contributed by atoms with E-state index in [1.165, 1.54) is 62.5 Å². The zero-order chi connectivity index (χ0) is 28.4. The van der Waals surface area contributed by atoms with Gasteiger partial charge in [0.1, 0.15) is 7.28 Å². The molecule has 1 aliphatic carbocycles.